The molecule has 0 atom stereocenters. The zero-order valence-electron chi connectivity index (χ0n) is 12.6. The van der Waals surface area contributed by atoms with Gasteiger partial charge < -0.3 is 5.32 Å². The van der Waals surface area contributed by atoms with Gasteiger partial charge in [0, 0.05) is 21.3 Å². The Kier molecular flexibility index (Phi) is 4.82. The molecule has 24 heavy (non-hydrogen) atoms. The van der Waals surface area contributed by atoms with Crippen molar-refractivity contribution in [3.05, 3.63) is 63.4 Å². The number of Topliss-reactive ketones (excluding diaryl/α,β-unsaturated/α-hetero) is 1. The molecule has 0 saturated heterocycles. The number of benzene rings is 2. The molecule has 0 spiro atoms. The second kappa shape index (κ2) is 7.02. The summed E-state index contributed by atoms with van der Waals surface area (Å²) in [7, 11) is 0. The summed E-state index contributed by atoms with van der Waals surface area (Å²) in [6, 6.07) is 14.3. The number of ketones is 1. The molecular formula is C17H12BrN3O2S. The Labute approximate surface area is 151 Å². The van der Waals surface area contributed by atoms with E-state index >= 15 is 0 Å². The second-order valence-corrected chi connectivity index (χ2v) is 6.72. The van der Waals surface area contributed by atoms with E-state index < -0.39 is 0 Å². The predicted molar refractivity (Wildman–Crippen MR) is 97.4 cm³/mol. The molecule has 0 aliphatic rings. The number of carbonyl (C=O) groups excluding carboxylic acids is 2. The first-order valence-corrected chi connectivity index (χ1v) is 8.62. The Bertz CT molecular complexity index is 906. The number of rotatable bonds is 4. The maximum absolute atomic E-state index is 12.5. The lowest BCUT2D eigenvalue weighted by molar-refractivity contribution is 0.101. The summed E-state index contributed by atoms with van der Waals surface area (Å²) < 4.78 is 4.84. The highest BCUT2D eigenvalue weighted by molar-refractivity contribution is 9.10. The van der Waals surface area contributed by atoms with Crippen molar-refractivity contribution < 1.29 is 9.59 Å². The molecule has 1 N–H and O–H groups in total. The molecule has 0 aliphatic heterocycles. The van der Waals surface area contributed by atoms with Gasteiger partial charge in [-0.2, -0.15) is 0 Å². The lowest BCUT2D eigenvalue weighted by Crippen LogP contribution is -2.12. The number of carbonyl (C=O) groups is 2. The molecule has 120 valence electrons. The van der Waals surface area contributed by atoms with Crippen LogP contribution >= 0.6 is 27.5 Å². The fourth-order valence-electron chi connectivity index (χ4n) is 2.14. The molecule has 0 unspecified atom stereocenters. The molecule has 5 nitrogen and oxygen atoms in total. The summed E-state index contributed by atoms with van der Waals surface area (Å²) in [6.45, 7) is 1.49. The van der Waals surface area contributed by atoms with Crippen molar-refractivity contribution >= 4 is 44.8 Å². The summed E-state index contributed by atoms with van der Waals surface area (Å²) in [5.41, 5.74) is 2.45. The van der Waals surface area contributed by atoms with Crippen LogP contribution in [0.25, 0.3) is 11.3 Å². The topological polar surface area (TPSA) is 72.0 Å². The van der Waals surface area contributed by atoms with E-state index in [4.69, 9.17) is 0 Å². The third-order valence-electron chi connectivity index (χ3n) is 3.34. The Hall–Kier alpha value is -2.38. The predicted octanol–water partition coefficient (Wildman–Crippen LogP) is 4.42. The minimum absolute atomic E-state index is 0.0545. The average Bonchev–Trinajstić information content (AvgIpc) is 3.05. The van der Waals surface area contributed by atoms with Crippen molar-refractivity contribution in [2.45, 2.75) is 6.92 Å². The Balaban J connectivity index is 1.86. The number of hydrogen-bond donors (Lipinski definition) is 1. The number of hydrogen-bond acceptors (Lipinski definition) is 5. The third-order valence-corrected chi connectivity index (χ3v) is 4.59. The molecule has 1 amide bonds. The molecule has 1 aromatic heterocycles. The lowest BCUT2D eigenvalue weighted by Gasteiger charge is -2.06. The van der Waals surface area contributed by atoms with E-state index in [9.17, 15) is 9.59 Å². The van der Waals surface area contributed by atoms with E-state index in [1.54, 1.807) is 24.3 Å². The van der Waals surface area contributed by atoms with Gasteiger partial charge in [-0.05, 0) is 42.7 Å². The highest BCUT2D eigenvalue weighted by Gasteiger charge is 2.18. The molecule has 3 aromatic rings. The van der Waals surface area contributed by atoms with Gasteiger partial charge in [-0.1, -0.05) is 44.7 Å². The van der Waals surface area contributed by atoms with Crippen molar-refractivity contribution in [1.29, 1.82) is 0 Å². The standard InChI is InChI=1S/C17H12BrN3O2S/c1-10(22)12-3-2-4-14(9-12)19-17(23)16-15(20-21-24-16)11-5-7-13(18)8-6-11/h2-9H,1H3,(H,19,23). The highest BCUT2D eigenvalue weighted by Crippen LogP contribution is 2.26. The molecule has 7 heteroatoms. The van der Waals surface area contributed by atoms with Gasteiger partial charge in [-0.15, -0.1) is 5.10 Å². The smallest absolute Gasteiger partial charge is 0.269 e. The van der Waals surface area contributed by atoms with Crippen LogP contribution in [0.15, 0.2) is 53.0 Å². The van der Waals surface area contributed by atoms with Crippen LogP contribution in [0.1, 0.15) is 27.0 Å². The van der Waals surface area contributed by atoms with Crippen LogP contribution in [-0.2, 0) is 0 Å². The fraction of sp³-hybridized carbons (Fsp3) is 0.0588. The van der Waals surface area contributed by atoms with E-state index in [0.717, 1.165) is 21.6 Å². The van der Waals surface area contributed by atoms with Gasteiger partial charge in [0.05, 0.1) is 0 Å². The second-order valence-electron chi connectivity index (χ2n) is 5.05. The monoisotopic (exact) mass is 401 g/mol. The van der Waals surface area contributed by atoms with Crippen LogP contribution < -0.4 is 5.32 Å². The molecule has 0 saturated carbocycles. The number of halogens is 1. The zero-order chi connectivity index (χ0) is 17.1. The van der Waals surface area contributed by atoms with E-state index in [1.165, 1.54) is 6.92 Å². The quantitative estimate of drug-likeness (QED) is 0.656. The van der Waals surface area contributed by atoms with Crippen molar-refractivity contribution in [3.8, 4) is 11.3 Å². The molecule has 0 aliphatic carbocycles. The number of aromatic nitrogens is 2. The molecule has 0 bridgehead atoms. The first-order chi connectivity index (χ1) is 11.5. The fourth-order valence-corrected chi connectivity index (χ4v) is 2.99. The SMILES string of the molecule is CC(=O)c1cccc(NC(=O)c2snnc2-c2ccc(Br)cc2)c1. The van der Waals surface area contributed by atoms with Gasteiger partial charge in [0.2, 0.25) is 0 Å². The van der Waals surface area contributed by atoms with Gasteiger partial charge in [0.1, 0.15) is 10.6 Å². The molecule has 0 radical (unpaired) electrons. The van der Waals surface area contributed by atoms with Crippen molar-refractivity contribution in [2.75, 3.05) is 5.32 Å². The summed E-state index contributed by atoms with van der Waals surface area (Å²) in [5.74, 6) is -0.357. The molecule has 1 heterocycles. The maximum atomic E-state index is 12.5. The largest absolute Gasteiger partial charge is 0.321 e. The van der Waals surface area contributed by atoms with E-state index in [0.29, 0.717) is 21.8 Å². The van der Waals surface area contributed by atoms with Crippen molar-refractivity contribution in [2.24, 2.45) is 0 Å². The number of amides is 1. The third kappa shape index (κ3) is 3.58. The minimum atomic E-state index is -0.302. The number of anilines is 1. The first kappa shape index (κ1) is 16.5. The van der Waals surface area contributed by atoms with Crippen LogP contribution in [0.2, 0.25) is 0 Å². The van der Waals surface area contributed by atoms with Gasteiger partial charge in [0.15, 0.2) is 5.78 Å². The van der Waals surface area contributed by atoms with Crippen LogP contribution in [-0.4, -0.2) is 21.3 Å². The number of nitrogens with one attached hydrogen (secondary N) is 1. The van der Waals surface area contributed by atoms with Gasteiger partial charge in [-0.3, -0.25) is 9.59 Å². The van der Waals surface area contributed by atoms with Crippen LogP contribution in [0.5, 0.6) is 0 Å². The zero-order valence-corrected chi connectivity index (χ0v) is 15.0. The summed E-state index contributed by atoms with van der Waals surface area (Å²) in [5, 5.41) is 6.85. The first-order valence-electron chi connectivity index (χ1n) is 7.05. The Morgan fingerprint density at radius 1 is 1.12 bits per heavy atom. The summed E-state index contributed by atoms with van der Waals surface area (Å²) in [6.07, 6.45) is 0. The highest BCUT2D eigenvalue weighted by atomic mass is 79.9. The van der Waals surface area contributed by atoms with E-state index in [1.807, 2.05) is 24.3 Å². The lowest BCUT2D eigenvalue weighted by atomic mass is 10.1. The minimum Gasteiger partial charge on any atom is -0.321 e. The normalized spacial score (nSPS) is 10.4. The maximum Gasteiger partial charge on any atom is 0.269 e. The summed E-state index contributed by atoms with van der Waals surface area (Å²) >= 11 is 4.41. The van der Waals surface area contributed by atoms with Crippen LogP contribution in [0.3, 0.4) is 0 Å². The molecule has 2 aromatic carbocycles. The molecule has 3 rings (SSSR count). The van der Waals surface area contributed by atoms with Crippen molar-refractivity contribution in [3.63, 3.8) is 0 Å². The van der Waals surface area contributed by atoms with Gasteiger partial charge in [0.25, 0.3) is 5.91 Å². The Morgan fingerprint density at radius 2 is 1.88 bits per heavy atom. The molecular weight excluding hydrogens is 390 g/mol. The molecule has 0 fully saturated rings. The Morgan fingerprint density at radius 3 is 2.58 bits per heavy atom. The van der Waals surface area contributed by atoms with Gasteiger partial charge >= 0.3 is 0 Å². The van der Waals surface area contributed by atoms with Crippen LogP contribution in [0.4, 0.5) is 5.69 Å². The van der Waals surface area contributed by atoms with E-state index in [2.05, 4.69) is 30.8 Å². The average molecular weight is 402 g/mol. The number of nitrogens with zero attached hydrogens (tertiary/aromatic N) is 2. The van der Waals surface area contributed by atoms with Crippen molar-refractivity contribution in [1.82, 2.24) is 9.59 Å². The summed E-state index contributed by atoms with van der Waals surface area (Å²) in [4.78, 5) is 24.4. The van der Waals surface area contributed by atoms with Gasteiger partial charge in [-0.25, -0.2) is 0 Å². The van der Waals surface area contributed by atoms with Crippen LogP contribution in [0, 0.1) is 0 Å². The van der Waals surface area contributed by atoms with E-state index in [-0.39, 0.29) is 11.7 Å².